The molecule has 1 amide bonds. The predicted molar refractivity (Wildman–Crippen MR) is 94.9 cm³/mol. The van der Waals surface area contributed by atoms with Crippen LogP contribution in [0.2, 0.25) is 0 Å². The molecule has 0 spiro atoms. The summed E-state index contributed by atoms with van der Waals surface area (Å²) in [7, 11) is 1.47. The van der Waals surface area contributed by atoms with Crippen LogP contribution >= 0.6 is 0 Å². The quantitative estimate of drug-likeness (QED) is 0.369. The lowest BCUT2D eigenvalue weighted by molar-refractivity contribution is -0.485. The van der Waals surface area contributed by atoms with E-state index in [4.69, 9.17) is 15.9 Å². The van der Waals surface area contributed by atoms with E-state index >= 15 is 0 Å². The average Bonchev–Trinajstić information content (AvgIpc) is 3.16. The molecule has 0 fully saturated rings. The van der Waals surface area contributed by atoms with Crippen LogP contribution in [0, 0.1) is 5.41 Å². The van der Waals surface area contributed by atoms with E-state index in [0.717, 1.165) is 0 Å². The maximum atomic E-state index is 11.7. The summed E-state index contributed by atoms with van der Waals surface area (Å²) in [4.78, 5) is 11.7. The Bertz CT molecular complexity index is 938. The number of benzene rings is 2. The average molecular weight is 352 g/mol. The summed E-state index contributed by atoms with van der Waals surface area (Å²) in [5.41, 5.74) is 9.34. The van der Waals surface area contributed by atoms with Gasteiger partial charge in [0.15, 0.2) is 6.61 Å². The fourth-order valence-electron chi connectivity index (χ4n) is 2.51. The number of nitrogens with one attached hydrogen (secondary N) is 2. The van der Waals surface area contributed by atoms with Crippen molar-refractivity contribution in [3.63, 3.8) is 0 Å². The van der Waals surface area contributed by atoms with Gasteiger partial charge in [0, 0.05) is 35.6 Å². The fraction of sp³-hybridized carbons (Fsp3) is 0.118. The number of anilines is 1. The summed E-state index contributed by atoms with van der Waals surface area (Å²) in [5.74, 6) is 0.279. The molecule has 1 heterocycles. The van der Waals surface area contributed by atoms with Crippen molar-refractivity contribution in [3.05, 3.63) is 53.6 Å². The molecule has 2 aromatic carbocycles. The zero-order chi connectivity index (χ0) is 18.5. The number of carbonyl (C=O) groups excluding carboxylic acids is 1. The second-order valence-corrected chi connectivity index (χ2v) is 5.58. The van der Waals surface area contributed by atoms with E-state index in [1.54, 1.807) is 42.5 Å². The van der Waals surface area contributed by atoms with Crippen LogP contribution in [0.5, 0.6) is 0 Å². The first-order valence-electron chi connectivity index (χ1n) is 7.77. The van der Waals surface area contributed by atoms with E-state index < -0.39 is 0 Å². The number of nitrogens with two attached hydrogens (primary N) is 2. The van der Waals surface area contributed by atoms with Crippen LogP contribution in [-0.4, -0.2) is 46.0 Å². The molecule has 9 heteroatoms. The zero-order valence-corrected chi connectivity index (χ0v) is 14.1. The van der Waals surface area contributed by atoms with Gasteiger partial charge in [0.2, 0.25) is 5.82 Å². The van der Waals surface area contributed by atoms with Crippen LogP contribution in [0.3, 0.4) is 0 Å². The molecule has 26 heavy (non-hydrogen) atoms. The minimum absolute atomic E-state index is 0.0152. The first-order valence-corrected chi connectivity index (χ1v) is 7.77. The van der Waals surface area contributed by atoms with Crippen molar-refractivity contribution in [3.8, 4) is 11.4 Å². The number of rotatable bonds is 6. The summed E-state index contributed by atoms with van der Waals surface area (Å²) in [6.07, 6.45) is 0. The number of tetrazole rings is 1. The van der Waals surface area contributed by atoms with Gasteiger partial charge in [-0.15, -0.1) is 10.2 Å². The molecular formula is C17H18N7O2+. The lowest BCUT2D eigenvalue weighted by Crippen LogP contribution is -2.83. The molecule has 0 atom stereocenters. The largest absolute Gasteiger partial charge is 0.398 e. The van der Waals surface area contributed by atoms with Crippen molar-refractivity contribution in [2.24, 2.45) is 0 Å². The van der Waals surface area contributed by atoms with E-state index in [1.165, 1.54) is 12.4 Å². The van der Waals surface area contributed by atoms with Gasteiger partial charge in [-0.1, -0.05) is 12.1 Å². The van der Waals surface area contributed by atoms with Crippen LogP contribution < -0.4 is 11.1 Å². The number of hydrogen-bond acceptors (Lipinski definition) is 7. The number of primary amides is 1. The first-order chi connectivity index (χ1) is 12.6. The number of nitrogens with zero attached hydrogens (tertiary/aromatic N) is 3. The molecule has 0 aliphatic carbocycles. The van der Waals surface area contributed by atoms with Crippen molar-refractivity contribution < 1.29 is 14.8 Å². The van der Waals surface area contributed by atoms with Gasteiger partial charge in [0.05, 0.1) is 5.71 Å². The second-order valence-electron chi connectivity index (χ2n) is 5.58. The molecular weight excluding hydrogens is 334 g/mol. The molecule has 1 aromatic heterocycles. The molecule has 9 nitrogen and oxygen atoms in total. The molecule has 3 aromatic rings. The molecule has 0 radical (unpaired) electrons. The Morgan fingerprint density at radius 2 is 2.15 bits per heavy atom. The van der Waals surface area contributed by atoms with Crippen molar-refractivity contribution >= 4 is 23.0 Å². The second kappa shape index (κ2) is 7.64. The van der Waals surface area contributed by atoms with E-state index in [-0.39, 0.29) is 18.2 Å². The summed E-state index contributed by atoms with van der Waals surface area (Å²) in [6, 6.07) is 12.4. The molecule has 0 aliphatic heterocycles. The topological polar surface area (TPSA) is 147 Å². The number of ether oxygens (including phenoxy) is 1. The van der Waals surface area contributed by atoms with Gasteiger partial charge < -0.3 is 10.5 Å². The number of amides is 1. The molecule has 6 N–H and O–H groups in total. The normalized spacial score (nSPS) is 10.7. The highest BCUT2D eigenvalue weighted by atomic mass is 16.5. The monoisotopic (exact) mass is 352 g/mol. The van der Waals surface area contributed by atoms with E-state index in [1.807, 2.05) is 0 Å². The number of H-pyrrole nitrogens is 1. The highest BCUT2D eigenvalue weighted by Crippen LogP contribution is 2.23. The molecule has 0 aliphatic rings. The Morgan fingerprint density at radius 3 is 2.88 bits per heavy atom. The number of methoxy groups -OCH3 is 1. The van der Waals surface area contributed by atoms with Crippen molar-refractivity contribution in [2.75, 3.05) is 19.5 Å². The van der Waals surface area contributed by atoms with Gasteiger partial charge in [-0.3, -0.25) is 5.41 Å². The molecule has 132 valence electrons. The van der Waals surface area contributed by atoms with Gasteiger partial charge in [-0.25, -0.2) is 10.1 Å². The smallest absolute Gasteiger partial charge is 0.341 e. The molecule has 3 rings (SSSR count). The van der Waals surface area contributed by atoms with Gasteiger partial charge >= 0.3 is 5.91 Å². The standard InChI is InChI=1S/C17H17N7O2/c1-26-9-15(25)20-12-4-2-3-10(7-12)16(19)13-8-11(5-6-14(13)18)17-21-23-24-22-17/h2-8,19H,9,18H2,1H3,(H,20,25)(H,21,22,23,24)/p+1. The number of aromatic amines is 1. The highest BCUT2D eigenvalue weighted by Gasteiger charge is 2.14. The fourth-order valence-corrected chi connectivity index (χ4v) is 2.51. The van der Waals surface area contributed by atoms with Gasteiger partial charge in [-0.2, -0.15) is 5.21 Å². The Balaban J connectivity index is 1.90. The van der Waals surface area contributed by atoms with E-state index in [0.29, 0.717) is 33.9 Å². The summed E-state index contributed by atoms with van der Waals surface area (Å²) in [5, 5.41) is 23.8. The molecule has 0 saturated carbocycles. The van der Waals surface area contributed by atoms with Crippen LogP contribution in [0.25, 0.3) is 11.4 Å². The zero-order valence-electron chi connectivity index (χ0n) is 14.1. The van der Waals surface area contributed by atoms with Crippen molar-refractivity contribution in [1.82, 2.24) is 20.6 Å². The Kier molecular flexibility index (Phi) is 5.11. The molecule has 0 bridgehead atoms. The minimum atomic E-state index is -0.144. The van der Waals surface area contributed by atoms with Gasteiger partial charge in [0.1, 0.15) is 5.69 Å². The lowest BCUT2D eigenvalue weighted by Gasteiger charge is -2.10. The first kappa shape index (κ1) is 17.4. The number of hydrogen-bond donors (Lipinski definition) is 4. The number of aromatic nitrogens is 4. The maximum Gasteiger partial charge on any atom is 0.341 e. The predicted octanol–water partition coefficient (Wildman–Crippen LogP) is 0.233. The van der Waals surface area contributed by atoms with Crippen molar-refractivity contribution in [2.45, 2.75) is 0 Å². The van der Waals surface area contributed by atoms with E-state index in [2.05, 4.69) is 20.6 Å². The Morgan fingerprint density at radius 1 is 1.31 bits per heavy atom. The number of nitrogen functional groups attached to an aromatic ring is 1. The van der Waals surface area contributed by atoms with E-state index in [9.17, 15) is 4.79 Å². The summed E-state index contributed by atoms with van der Waals surface area (Å²) < 4.78 is 4.83. The summed E-state index contributed by atoms with van der Waals surface area (Å²) >= 11 is 0. The number of carbonyl (C=O) groups is 1. The Labute approximate surface area is 149 Å². The minimum Gasteiger partial charge on any atom is -0.398 e. The van der Waals surface area contributed by atoms with Crippen LogP contribution in [0.15, 0.2) is 42.5 Å². The Hall–Kier alpha value is -3.43. The maximum absolute atomic E-state index is 11.7. The van der Waals surface area contributed by atoms with Gasteiger partial charge in [0.25, 0.3) is 0 Å². The van der Waals surface area contributed by atoms with Crippen LogP contribution in [-0.2, 0) is 9.53 Å². The highest BCUT2D eigenvalue weighted by molar-refractivity contribution is 6.14. The third kappa shape index (κ3) is 3.79. The van der Waals surface area contributed by atoms with Crippen molar-refractivity contribution in [1.29, 1.82) is 5.41 Å². The molecule has 0 unspecified atom stereocenters. The van der Waals surface area contributed by atoms with Gasteiger partial charge in [-0.05, 0) is 29.5 Å². The molecule has 0 saturated heterocycles. The SMILES string of the molecule is COCC(=O)[NH2+]c1cccc(C(=N)c2cc(-c3nn[nH]n3)ccc2N)c1. The number of quaternary nitrogens is 1. The third-order valence-electron chi connectivity index (χ3n) is 3.72. The summed E-state index contributed by atoms with van der Waals surface area (Å²) in [6.45, 7) is 0.0152. The lowest BCUT2D eigenvalue weighted by atomic mass is 9.98. The van der Waals surface area contributed by atoms with Crippen LogP contribution in [0.1, 0.15) is 11.1 Å². The third-order valence-corrected chi connectivity index (χ3v) is 3.72. The van der Waals surface area contributed by atoms with Crippen LogP contribution in [0.4, 0.5) is 11.4 Å².